The molecule has 1 atom stereocenters. The van der Waals surface area contributed by atoms with Crippen LogP contribution in [0.15, 0.2) is 53.6 Å². The molecule has 0 aliphatic carbocycles. The fraction of sp³-hybridized carbons (Fsp3) is 0.263. The van der Waals surface area contributed by atoms with Crippen LogP contribution in [0.25, 0.3) is 0 Å². The summed E-state index contributed by atoms with van der Waals surface area (Å²) in [7, 11) is 1.43. The Labute approximate surface area is 173 Å². The number of ether oxygens (including phenoxy) is 2. The summed E-state index contributed by atoms with van der Waals surface area (Å²) in [5.41, 5.74) is -3.64. The average Bonchev–Trinajstić information content (AvgIpc) is 3.11. The number of carbonyl (C=O) groups excluding carboxylic acids is 1. The van der Waals surface area contributed by atoms with Gasteiger partial charge < -0.3 is 14.6 Å². The third-order valence-electron chi connectivity index (χ3n) is 4.51. The number of halogens is 3. The van der Waals surface area contributed by atoms with Crippen molar-refractivity contribution in [3.05, 3.63) is 64.2 Å². The molecule has 1 heterocycles. The number of amides is 1. The molecule has 1 N–H and O–H groups in total. The Morgan fingerprint density at radius 1 is 1.19 bits per heavy atom. The quantitative estimate of drug-likeness (QED) is 0.547. The third-order valence-corrected chi connectivity index (χ3v) is 4.51. The maximum atomic E-state index is 13.6. The van der Waals surface area contributed by atoms with Crippen molar-refractivity contribution >= 4 is 17.3 Å². The highest BCUT2D eigenvalue weighted by Gasteiger charge is 2.63. The van der Waals surface area contributed by atoms with Crippen molar-refractivity contribution in [1.82, 2.24) is 5.01 Å². The van der Waals surface area contributed by atoms with Crippen LogP contribution in [-0.4, -0.2) is 52.3 Å². The molecule has 164 valence electrons. The van der Waals surface area contributed by atoms with Gasteiger partial charge in [0.15, 0.2) is 6.61 Å². The lowest BCUT2D eigenvalue weighted by Gasteiger charge is -2.32. The first-order chi connectivity index (χ1) is 14.5. The molecular formula is C19H16F3N3O6. The highest BCUT2D eigenvalue weighted by atomic mass is 19.4. The van der Waals surface area contributed by atoms with Crippen LogP contribution < -0.4 is 9.47 Å². The normalized spacial score (nSPS) is 18.5. The van der Waals surface area contributed by atoms with E-state index in [2.05, 4.69) is 5.10 Å². The van der Waals surface area contributed by atoms with Crippen molar-refractivity contribution in [1.29, 1.82) is 0 Å². The number of alkyl halides is 3. The van der Waals surface area contributed by atoms with Gasteiger partial charge in [-0.3, -0.25) is 14.9 Å². The molecule has 2 aromatic rings. The fourth-order valence-corrected chi connectivity index (χ4v) is 2.84. The van der Waals surface area contributed by atoms with Gasteiger partial charge in [-0.25, -0.2) is 0 Å². The second-order valence-electron chi connectivity index (χ2n) is 6.51. The molecule has 31 heavy (non-hydrogen) atoms. The molecule has 0 aromatic heterocycles. The predicted octanol–water partition coefficient (Wildman–Crippen LogP) is 2.87. The summed E-state index contributed by atoms with van der Waals surface area (Å²) >= 11 is 0. The lowest BCUT2D eigenvalue weighted by molar-refractivity contribution is -0.384. The summed E-state index contributed by atoms with van der Waals surface area (Å²) in [5, 5.41) is 24.6. The number of non-ortho nitro benzene ring substituents is 1. The van der Waals surface area contributed by atoms with Crippen LogP contribution in [0.3, 0.4) is 0 Å². The monoisotopic (exact) mass is 439 g/mol. The number of nitro benzene ring substituents is 1. The molecule has 1 aliphatic heterocycles. The Morgan fingerprint density at radius 3 is 2.29 bits per heavy atom. The van der Waals surface area contributed by atoms with E-state index in [1.54, 1.807) is 0 Å². The largest absolute Gasteiger partial charge is 0.497 e. The first kappa shape index (κ1) is 22.0. The second-order valence-corrected chi connectivity index (χ2v) is 6.51. The zero-order chi connectivity index (χ0) is 22.8. The highest BCUT2D eigenvalue weighted by molar-refractivity contribution is 6.03. The lowest BCUT2D eigenvalue weighted by atomic mass is 10.0. The topological polar surface area (TPSA) is 114 Å². The summed E-state index contributed by atoms with van der Waals surface area (Å²) in [6.07, 6.45) is -6.15. The lowest BCUT2D eigenvalue weighted by Crippen LogP contribution is -2.57. The number of rotatable bonds is 6. The van der Waals surface area contributed by atoms with E-state index >= 15 is 0 Å². The molecular weight excluding hydrogens is 423 g/mol. The number of aliphatic hydroxyl groups is 1. The van der Waals surface area contributed by atoms with Crippen LogP contribution >= 0.6 is 0 Å². The molecule has 1 aliphatic rings. The fourth-order valence-electron chi connectivity index (χ4n) is 2.84. The van der Waals surface area contributed by atoms with Gasteiger partial charge in [0, 0.05) is 12.1 Å². The van der Waals surface area contributed by atoms with E-state index in [1.165, 1.54) is 43.5 Å². The van der Waals surface area contributed by atoms with Crippen LogP contribution in [-0.2, 0) is 4.79 Å². The van der Waals surface area contributed by atoms with E-state index in [0.29, 0.717) is 5.75 Å². The Morgan fingerprint density at radius 2 is 1.77 bits per heavy atom. The molecule has 0 fully saturated rings. The molecule has 1 amide bonds. The molecule has 0 saturated heterocycles. The SMILES string of the molecule is COc1ccc(C2=NN(C(=O)COc3ccc([N+](=O)[O-])cc3)[C@](O)(C(F)(F)F)C2)cc1. The minimum atomic E-state index is -5.19. The number of nitrogens with zero attached hydrogens (tertiary/aromatic N) is 3. The second kappa shape index (κ2) is 8.22. The highest BCUT2D eigenvalue weighted by Crippen LogP contribution is 2.41. The van der Waals surface area contributed by atoms with Gasteiger partial charge in [-0.15, -0.1) is 0 Å². The van der Waals surface area contributed by atoms with Crippen LogP contribution in [0.2, 0.25) is 0 Å². The zero-order valence-corrected chi connectivity index (χ0v) is 16.0. The van der Waals surface area contributed by atoms with E-state index in [4.69, 9.17) is 9.47 Å². The molecule has 2 aromatic carbocycles. The summed E-state index contributed by atoms with van der Waals surface area (Å²) in [5.74, 6) is -0.757. The molecule has 3 rings (SSSR count). The van der Waals surface area contributed by atoms with E-state index in [1.807, 2.05) is 0 Å². The molecule has 0 spiro atoms. The Hall–Kier alpha value is -3.67. The van der Waals surface area contributed by atoms with Crippen LogP contribution in [0.4, 0.5) is 18.9 Å². The minimum absolute atomic E-state index is 0.0213. The van der Waals surface area contributed by atoms with Gasteiger partial charge in [0.05, 0.1) is 24.2 Å². The van der Waals surface area contributed by atoms with Crippen LogP contribution in [0.1, 0.15) is 12.0 Å². The Bertz CT molecular complexity index is 1010. The van der Waals surface area contributed by atoms with Crippen molar-refractivity contribution in [3.63, 3.8) is 0 Å². The standard InChI is InChI=1S/C19H16F3N3O6/c1-30-14-6-2-12(3-7-14)16-10-18(27,19(20,21)22)24(23-16)17(26)11-31-15-8-4-13(5-9-15)25(28)29/h2-9,27H,10-11H2,1H3/t18-/m1/s1. The number of nitro groups is 1. The molecule has 0 radical (unpaired) electrons. The maximum Gasteiger partial charge on any atom is 0.438 e. The van der Waals surface area contributed by atoms with E-state index < -0.39 is 35.8 Å². The molecule has 9 nitrogen and oxygen atoms in total. The average molecular weight is 439 g/mol. The van der Waals surface area contributed by atoms with Crippen LogP contribution in [0.5, 0.6) is 11.5 Å². The Balaban J connectivity index is 1.81. The molecule has 0 bridgehead atoms. The third kappa shape index (κ3) is 4.43. The van der Waals surface area contributed by atoms with E-state index in [-0.39, 0.29) is 27.7 Å². The van der Waals surface area contributed by atoms with Gasteiger partial charge in [0.25, 0.3) is 17.3 Å². The number of carbonyl (C=O) groups is 1. The molecule has 0 unspecified atom stereocenters. The number of hydrogen-bond acceptors (Lipinski definition) is 7. The maximum absolute atomic E-state index is 13.6. The Kier molecular flexibility index (Phi) is 5.84. The van der Waals surface area contributed by atoms with E-state index in [0.717, 1.165) is 12.1 Å². The zero-order valence-electron chi connectivity index (χ0n) is 16.0. The van der Waals surface area contributed by atoms with Crippen molar-refractivity contribution in [2.75, 3.05) is 13.7 Å². The summed E-state index contributed by atoms with van der Waals surface area (Å²) in [6.45, 7) is -0.879. The van der Waals surface area contributed by atoms with Crippen molar-refractivity contribution < 1.29 is 37.5 Å². The number of hydrogen-bond donors (Lipinski definition) is 1. The minimum Gasteiger partial charge on any atom is -0.497 e. The van der Waals surface area contributed by atoms with E-state index in [9.17, 15) is 33.2 Å². The molecule has 0 saturated carbocycles. The van der Waals surface area contributed by atoms with Gasteiger partial charge in [0.2, 0.25) is 0 Å². The molecule has 12 heteroatoms. The number of hydrazone groups is 1. The van der Waals surface area contributed by atoms with Gasteiger partial charge in [-0.2, -0.15) is 23.3 Å². The smallest absolute Gasteiger partial charge is 0.438 e. The van der Waals surface area contributed by atoms with Crippen LogP contribution in [0, 0.1) is 10.1 Å². The number of benzene rings is 2. The van der Waals surface area contributed by atoms with Gasteiger partial charge in [0.1, 0.15) is 11.5 Å². The van der Waals surface area contributed by atoms with Gasteiger partial charge in [-0.1, -0.05) is 0 Å². The first-order valence-electron chi connectivity index (χ1n) is 8.76. The summed E-state index contributed by atoms with van der Waals surface area (Å²) < 4.78 is 50.9. The predicted molar refractivity (Wildman–Crippen MR) is 101 cm³/mol. The number of methoxy groups -OCH3 is 1. The van der Waals surface area contributed by atoms with Crippen molar-refractivity contribution in [2.45, 2.75) is 18.3 Å². The summed E-state index contributed by atoms with van der Waals surface area (Å²) in [6, 6.07) is 10.5. The van der Waals surface area contributed by atoms with Gasteiger partial charge in [-0.05, 0) is 42.0 Å². The van der Waals surface area contributed by atoms with Crippen molar-refractivity contribution in [3.8, 4) is 11.5 Å². The van der Waals surface area contributed by atoms with Crippen molar-refractivity contribution in [2.24, 2.45) is 5.10 Å². The summed E-state index contributed by atoms with van der Waals surface area (Å²) in [4.78, 5) is 22.4. The van der Waals surface area contributed by atoms with Gasteiger partial charge >= 0.3 is 6.18 Å². The first-order valence-corrected chi connectivity index (χ1v) is 8.76.